The number of nitrogens with one attached hydrogen (secondary N) is 1. The van der Waals surface area contributed by atoms with Crippen molar-refractivity contribution < 1.29 is 28.2 Å². The molecule has 0 saturated carbocycles. The maximum Gasteiger partial charge on any atom is 0.258 e. The number of aromatic nitrogens is 2. The molecule has 9 nitrogen and oxygen atoms in total. The molecule has 0 aliphatic rings. The van der Waals surface area contributed by atoms with Gasteiger partial charge >= 0.3 is 0 Å². The van der Waals surface area contributed by atoms with E-state index in [1.807, 2.05) is 42.5 Å². The van der Waals surface area contributed by atoms with Crippen molar-refractivity contribution >= 4 is 16.6 Å². The predicted molar refractivity (Wildman–Crippen MR) is 179 cm³/mol. The van der Waals surface area contributed by atoms with Gasteiger partial charge in [0.2, 0.25) is 16.6 Å². The molecule has 2 aromatic carbocycles. The van der Waals surface area contributed by atoms with Gasteiger partial charge in [0, 0.05) is 30.7 Å². The van der Waals surface area contributed by atoms with Gasteiger partial charge in [0.05, 0.1) is 6.10 Å². The van der Waals surface area contributed by atoms with Crippen molar-refractivity contribution in [2.75, 3.05) is 6.54 Å². The highest BCUT2D eigenvalue weighted by Gasteiger charge is 2.41. The summed E-state index contributed by atoms with van der Waals surface area (Å²) in [5, 5.41) is 30.0. The number of aliphatic hydroxyl groups is 1. The van der Waals surface area contributed by atoms with Crippen molar-refractivity contribution in [2.24, 2.45) is 0 Å². The quantitative estimate of drug-likeness (QED) is 0.148. The van der Waals surface area contributed by atoms with Gasteiger partial charge in [-0.15, -0.1) is 0 Å². The normalized spacial score (nSPS) is 14.3. The topological polar surface area (TPSA) is 113 Å². The van der Waals surface area contributed by atoms with E-state index < -0.39 is 22.7 Å². The van der Waals surface area contributed by atoms with Crippen molar-refractivity contribution in [3.63, 3.8) is 0 Å². The minimum absolute atomic E-state index is 0.0420. The highest BCUT2D eigenvalue weighted by atomic mass is 28.4. The predicted octanol–water partition coefficient (Wildman–Crippen LogP) is 7.22. The zero-order valence-electron chi connectivity index (χ0n) is 28.7. The van der Waals surface area contributed by atoms with Crippen molar-refractivity contribution in [3.05, 3.63) is 70.2 Å². The second-order valence-electron chi connectivity index (χ2n) is 14.9. The van der Waals surface area contributed by atoms with Crippen molar-refractivity contribution in [2.45, 2.75) is 117 Å². The highest BCUT2D eigenvalue weighted by Crippen LogP contribution is 2.41. The van der Waals surface area contributed by atoms with Gasteiger partial charge in [-0.25, -0.2) is 0 Å². The number of rotatable bonds is 13. The Labute approximate surface area is 265 Å². The fourth-order valence-electron chi connectivity index (χ4n) is 3.98. The Morgan fingerprint density at radius 2 is 1.43 bits per heavy atom. The Morgan fingerprint density at radius 3 is 1.89 bits per heavy atom. The molecule has 2 atom stereocenters. The van der Waals surface area contributed by atoms with Crippen LogP contribution in [0.2, 0.25) is 36.3 Å². The van der Waals surface area contributed by atoms with Gasteiger partial charge in [-0.3, -0.25) is 4.63 Å². The molecule has 1 aromatic heterocycles. The van der Waals surface area contributed by atoms with Crippen LogP contribution in [0, 0.1) is 12.1 Å². The molecular formula is C33H53N3O6Si2. The third kappa shape index (κ3) is 9.32. The van der Waals surface area contributed by atoms with E-state index in [0.29, 0.717) is 28.6 Å². The van der Waals surface area contributed by atoms with E-state index in [1.54, 1.807) is 6.92 Å². The van der Waals surface area contributed by atoms with Gasteiger partial charge in [-0.2, -0.15) is 0 Å². The van der Waals surface area contributed by atoms with Crippen LogP contribution in [0.15, 0.2) is 47.1 Å². The van der Waals surface area contributed by atoms with Crippen molar-refractivity contribution in [3.8, 4) is 17.2 Å². The van der Waals surface area contributed by atoms with Gasteiger partial charge in [0.15, 0.2) is 12.3 Å². The van der Waals surface area contributed by atoms with Crippen LogP contribution in [0.25, 0.3) is 0 Å². The standard InChI is InChI=1S/C33H53N3O6Si2/c1-23(17-25-13-15-27(16-14-25)39-22-30-24(2)36(38)42-35-30)34-21-31(37)26-18-28(40-43(9,10)32(3,4)5)20-29(19-26)41-44(11,12)33(6,7)8/h13-16,18-20,23,31,34,37H,17,21-22H2,1-12H3. The second-order valence-corrected chi connectivity index (χ2v) is 24.3. The van der Waals surface area contributed by atoms with Crippen LogP contribution < -0.4 is 23.8 Å². The lowest BCUT2D eigenvalue weighted by Crippen LogP contribution is -2.44. The summed E-state index contributed by atoms with van der Waals surface area (Å²) in [7, 11) is -4.20. The molecule has 3 rings (SSSR count). The first-order chi connectivity index (χ1) is 20.2. The number of nitrogens with zero attached hydrogens (tertiary/aromatic N) is 2. The summed E-state index contributed by atoms with van der Waals surface area (Å²) in [4.78, 5) is 0.370. The molecule has 1 heterocycles. The largest absolute Gasteiger partial charge is 0.543 e. The summed E-state index contributed by atoms with van der Waals surface area (Å²) in [6.07, 6.45) is 0.0468. The van der Waals surface area contributed by atoms with Crippen LogP contribution in [0.4, 0.5) is 0 Å². The average molecular weight is 644 g/mol. The Kier molecular flexibility index (Phi) is 11.0. The molecule has 0 aliphatic heterocycles. The number of benzene rings is 2. The number of hydrogen-bond acceptors (Lipinski definition) is 8. The molecule has 0 spiro atoms. The Balaban J connectivity index is 1.66. The van der Waals surface area contributed by atoms with E-state index in [1.165, 1.54) is 0 Å². The third-order valence-electron chi connectivity index (χ3n) is 9.06. The molecule has 3 aromatic rings. The lowest BCUT2D eigenvalue weighted by atomic mass is 10.1. The molecule has 0 aliphatic carbocycles. The molecule has 0 bridgehead atoms. The molecule has 2 unspecified atom stereocenters. The summed E-state index contributed by atoms with van der Waals surface area (Å²) in [5.74, 6) is 2.19. The first-order valence-corrected chi connectivity index (χ1v) is 21.2. The third-order valence-corrected chi connectivity index (χ3v) is 17.8. The highest BCUT2D eigenvalue weighted by molar-refractivity contribution is 6.75. The molecular weight excluding hydrogens is 591 g/mol. The van der Waals surface area contributed by atoms with E-state index in [2.05, 4.69) is 89.8 Å². The number of aliphatic hydroxyl groups excluding tert-OH is 1. The van der Waals surface area contributed by atoms with E-state index in [4.69, 9.17) is 13.6 Å². The average Bonchev–Trinajstić information content (AvgIpc) is 3.21. The molecule has 244 valence electrons. The zero-order valence-corrected chi connectivity index (χ0v) is 30.7. The Hall–Kier alpha value is -2.87. The summed E-state index contributed by atoms with van der Waals surface area (Å²) >= 11 is 0. The molecule has 11 heteroatoms. The maximum absolute atomic E-state index is 11.4. The van der Waals surface area contributed by atoms with Gasteiger partial charge in [0.1, 0.15) is 17.2 Å². The van der Waals surface area contributed by atoms with Crippen LogP contribution in [0.5, 0.6) is 17.2 Å². The van der Waals surface area contributed by atoms with Crippen LogP contribution >= 0.6 is 0 Å². The minimum atomic E-state index is -2.10. The maximum atomic E-state index is 11.4. The van der Waals surface area contributed by atoms with Gasteiger partial charge in [0.25, 0.3) is 5.69 Å². The monoisotopic (exact) mass is 643 g/mol. The van der Waals surface area contributed by atoms with Crippen LogP contribution in [0.3, 0.4) is 0 Å². The summed E-state index contributed by atoms with van der Waals surface area (Å²) < 4.78 is 23.7. The summed E-state index contributed by atoms with van der Waals surface area (Å²) in [6, 6.07) is 13.9. The fraction of sp³-hybridized carbons (Fsp3) is 0.576. The Bertz CT molecular complexity index is 1330. The van der Waals surface area contributed by atoms with E-state index in [-0.39, 0.29) is 22.7 Å². The molecule has 2 N–H and O–H groups in total. The summed E-state index contributed by atoms with van der Waals surface area (Å²) in [6.45, 7) is 26.5. The SMILES string of the molecule is Cc1c(COc2ccc(CC(C)NCC(O)c3cc(O[Si](C)(C)C(C)(C)C)cc(O[Si](C)(C)C(C)(C)C)c3)cc2)no[n+]1[O-]. The Morgan fingerprint density at radius 1 is 0.909 bits per heavy atom. The smallest absolute Gasteiger partial charge is 0.258 e. The van der Waals surface area contributed by atoms with E-state index in [9.17, 15) is 10.3 Å². The van der Waals surface area contributed by atoms with Gasteiger partial charge in [-0.1, -0.05) is 53.7 Å². The fourth-order valence-corrected chi connectivity index (χ4v) is 6.01. The van der Waals surface area contributed by atoms with Crippen LogP contribution in [0.1, 0.15) is 77.1 Å². The van der Waals surface area contributed by atoms with E-state index in [0.717, 1.165) is 29.0 Å². The van der Waals surface area contributed by atoms with Gasteiger partial charge < -0.3 is 29.2 Å². The number of hydrogen-bond donors (Lipinski definition) is 2. The van der Waals surface area contributed by atoms with Crippen LogP contribution in [-0.4, -0.2) is 39.5 Å². The molecule has 0 amide bonds. The molecule has 0 fully saturated rings. The first kappa shape index (κ1) is 35.6. The molecule has 0 radical (unpaired) electrons. The summed E-state index contributed by atoms with van der Waals surface area (Å²) in [5.41, 5.74) is 2.77. The lowest BCUT2D eigenvalue weighted by Gasteiger charge is -2.38. The first-order valence-electron chi connectivity index (χ1n) is 15.4. The van der Waals surface area contributed by atoms with E-state index >= 15 is 0 Å². The van der Waals surface area contributed by atoms with Gasteiger partial charge in [-0.05, 0) is 89.9 Å². The zero-order chi connectivity index (χ0) is 33.1. The minimum Gasteiger partial charge on any atom is -0.543 e. The number of ether oxygens (including phenoxy) is 1. The molecule has 0 saturated heterocycles. The van der Waals surface area contributed by atoms with Crippen LogP contribution in [-0.2, 0) is 13.0 Å². The lowest BCUT2D eigenvalue weighted by molar-refractivity contribution is -0.806. The van der Waals surface area contributed by atoms with Crippen molar-refractivity contribution in [1.29, 1.82) is 0 Å². The second kappa shape index (κ2) is 13.6. The van der Waals surface area contributed by atoms with Crippen molar-refractivity contribution in [1.82, 2.24) is 10.5 Å². The molecule has 44 heavy (non-hydrogen) atoms.